The Labute approximate surface area is 190 Å². The Morgan fingerprint density at radius 2 is 2.00 bits per heavy atom. The van der Waals surface area contributed by atoms with E-state index in [1.165, 1.54) is 6.20 Å². The van der Waals surface area contributed by atoms with E-state index in [1.807, 2.05) is 0 Å². The molecule has 3 N–H and O–H groups in total. The number of rotatable bonds is 2. The molecule has 3 aliphatic heterocycles. The second-order valence-electron chi connectivity index (χ2n) is 7.79. The average Bonchev–Trinajstić information content (AvgIpc) is 3.19. The number of nitrogens with one attached hydrogen (secondary N) is 3. The number of imidazole rings is 1. The predicted molar refractivity (Wildman–Crippen MR) is 105 cm³/mol. The fourth-order valence-corrected chi connectivity index (χ4v) is 4.41. The molecule has 6 rings (SSSR count). The molecule has 0 unspecified atom stereocenters. The lowest BCUT2D eigenvalue weighted by molar-refractivity contribution is -0.869. The van der Waals surface area contributed by atoms with Gasteiger partial charge in [-0.25, -0.2) is 28.4 Å². The van der Waals surface area contributed by atoms with Crippen molar-refractivity contribution in [2.75, 3.05) is 25.0 Å². The third-order valence-electron chi connectivity index (χ3n) is 6.04. The van der Waals surface area contributed by atoms with Gasteiger partial charge in [0.1, 0.15) is 12.9 Å². The summed E-state index contributed by atoms with van der Waals surface area (Å²) in [7, 11) is 0. The highest BCUT2D eigenvalue weighted by Gasteiger charge is 2.52. The average molecular weight is 507 g/mol. The van der Waals surface area contributed by atoms with Crippen LogP contribution in [0.5, 0.6) is 0 Å². The summed E-state index contributed by atoms with van der Waals surface area (Å²) < 4.78 is 6.83. The molecule has 0 aliphatic carbocycles. The molecule has 6 heterocycles. The molecule has 13 nitrogen and oxygen atoms in total. The number of nitrogens with zero attached hydrogens (tertiary/aromatic N) is 5. The second-order valence-corrected chi connectivity index (χ2v) is 7.79. The summed E-state index contributed by atoms with van der Waals surface area (Å²) in [5.41, 5.74) is -1.56. The number of H-pyrrole nitrogens is 2. The van der Waals surface area contributed by atoms with Crippen molar-refractivity contribution in [3.63, 3.8) is 0 Å². The Hall–Kier alpha value is -3.39. The summed E-state index contributed by atoms with van der Waals surface area (Å²) >= 11 is 0. The molecule has 3 fully saturated rings. The molecule has 3 aromatic heterocycles. The molecule has 1 atom stereocenters. The van der Waals surface area contributed by atoms with Crippen molar-refractivity contribution in [3.05, 3.63) is 45.5 Å². The summed E-state index contributed by atoms with van der Waals surface area (Å²) in [5.74, 6) is 0.491. The molecule has 2 bridgehead atoms. The minimum Gasteiger partial charge on any atom is -1.00 e. The maximum atomic E-state index is 13.0. The molecule has 3 saturated heterocycles. The van der Waals surface area contributed by atoms with Gasteiger partial charge in [0.15, 0.2) is 23.1 Å². The van der Waals surface area contributed by atoms with Gasteiger partial charge in [-0.2, -0.15) is 5.10 Å². The van der Waals surface area contributed by atoms with Gasteiger partial charge in [-0.15, -0.1) is 5.10 Å². The zero-order chi connectivity index (χ0) is 21.6. The van der Waals surface area contributed by atoms with Crippen LogP contribution in [0.25, 0.3) is 11.2 Å². The first-order chi connectivity index (χ1) is 14.9. The van der Waals surface area contributed by atoms with E-state index < -0.39 is 23.4 Å². The highest BCUT2D eigenvalue weighted by molar-refractivity contribution is 5.84. The molecule has 3 aliphatic rings. The SMILES string of the molecule is O=C(O[C@H]1C[N+]2(C(=O)Nc3cccnn3)CCC1CC2)n1cnc2c(=O)[nH]c(=O)[nH]c21.[Br-]. The normalized spacial score (nSPS) is 24.0. The second kappa shape index (κ2) is 8.27. The number of quaternary nitrogens is 1. The number of ether oxygens (including phenoxy) is 1. The first-order valence-corrected chi connectivity index (χ1v) is 9.81. The van der Waals surface area contributed by atoms with E-state index in [0.717, 1.165) is 23.7 Å². The van der Waals surface area contributed by atoms with Crippen LogP contribution in [0.15, 0.2) is 34.2 Å². The van der Waals surface area contributed by atoms with E-state index in [4.69, 9.17) is 4.74 Å². The van der Waals surface area contributed by atoms with Gasteiger partial charge in [0, 0.05) is 25.0 Å². The molecule has 32 heavy (non-hydrogen) atoms. The maximum absolute atomic E-state index is 13.0. The van der Waals surface area contributed by atoms with E-state index >= 15 is 0 Å². The summed E-state index contributed by atoms with van der Waals surface area (Å²) in [6.45, 7) is 1.61. The van der Waals surface area contributed by atoms with Gasteiger partial charge in [-0.05, 0) is 12.1 Å². The van der Waals surface area contributed by atoms with Crippen molar-refractivity contribution in [1.82, 2.24) is 29.7 Å². The van der Waals surface area contributed by atoms with Gasteiger partial charge in [0.2, 0.25) is 0 Å². The zero-order valence-corrected chi connectivity index (χ0v) is 18.2. The number of anilines is 1. The Bertz CT molecular complexity index is 1280. The molecule has 0 saturated carbocycles. The number of piperidine rings is 3. The Balaban J connectivity index is 0.00000245. The van der Waals surface area contributed by atoms with Gasteiger partial charge >= 0.3 is 17.8 Å². The van der Waals surface area contributed by atoms with Crippen LogP contribution in [0.4, 0.5) is 15.4 Å². The van der Waals surface area contributed by atoms with Crippen LogP contribution in [0, 0.1) is 5.92 Å². The summed E-state index contributed by atoms with van der Waals surface area (Å²) in [6.07, 6.45) is 2.85. The first-order valence-electron chi connectivity index (χ1n) is 9.81. The third kappa shape index (κ3) is 3.71. The fraction of sp³-hybridized carbons (Fsp3) is 0.389. The Morgan fingerprint density at radius 1 is 1.22 bits per heavy atom. The summed E-state index contributed by atoms with van der Waals surface area (Å²) in [4.78, 5) is 57.5. The van der Waals surface area contributed by atoms with Crippen LogP contribution in [0.3, 0.4) is 0 Å². The zero-order valence-electron chi connectivity index (χ0n) is 16.7. The van der Waals surface area contributed by atoms with Gasteiger partial charge in [-0.3, -0.25) is 20.1 Å². The fourth-order valence-electron chi connectivity index (χ4n) is 4.41. The summed E-state index contributed by atoms with van der Waals surface area (Å²) in [6, 6.07) is 3.12. The van der Waals surface area contributed by atoms with E-state index in [0.29, 0.717) is 25.5 Å². The van der Waals surface area contributed by atoms with Crippen LogP contribution in [0.2, 0.25) is 0 Å². The van der Waals surface area contributed by atoms with Crippen LogP contribution < -0.4 is 33.5 Å². The minimum absolute atomic E-state index is 0. The number of carbonyl (C=O) groups excluding carboxylic acids is 2. The quantitative estimate of drug-likeness (QED) is 0.310. The molecular formula is C18H19BrN8O5. The Morgan fingerprint density at radius 3 is 2.72 bits per heavy atom. The number of urea groups is 1. The first kappa shape index (κ1) is 21.8. The van der Waals surface area contributed by atoms with Crippen molar-refractivity contribution in [2.24, 2.45) is 5.92 Å². The number of hydrogen-bond acceptors (Lipinski definition) is 8. The molecule has 0 spiro atoms. The van der Waals surface area contributed by atoms with E-state index in [2.05, 4.69) is 30.5 Å². The Kier molecular flexibility index (Phi) is 5.64. The number of fused-ring (bicyclic) bond motifs is 4. The lowest BCUT2D eigenvalue weighted by Gasteiger charge is -2.49. The molecule has 0 radical (unpaired) electrons. The smallest absolute Gasteiger partial charge is 0.422 e. The monoisotopic (exact) mass is 506 g/mol. The van der Waals surface area contributed by atoms with E-state index in [-0.39, 0.29) is 44.6 Å². The lowest BCUT2D eigenvalue weighted by atomic mass is 9.83. The van der Waals surface area contributed by atoms with Gasteiger partial charge in [0.05, 0.1) is 13.1 Å². The number of aromatic nitrogens is 6. The van der Waals surface area contributed by atoms with Gasteiger partial charge < -0.3 is 21.7 Å². The molecule has 0 aromatic carbocycles. The standard InChI is InChI=1S/C18H18N8O5.BrH/c27-15-13-14(22-16(28)23-15)25(9-19-13)18(30)31-11-8-26(6-3-10(11)4-7-26)17(29)21-12-2-1-5-20-24-12;/h1-2,5,9-11H,3-4,6-8H2,(H2-,21,22,23,24,27,28,29);1H/t10?,11-,26?;/m0./s1. The maximum Gasteiger partial charge on any atom is 0.422 e. The van der Waals surface area contributed by atoms with Crippen molar-refractivity contribution in [3.8, 4) is 0 Å². The van der Waals surface area contributed by atoms with Gasteiger partial charge in [-0.1, -0.05) is 0 Å². The van der Waals surface area contributed by atoms with Crippen LogP contribution in [-0.2, 0) is 4.74 Å². The van der Waals surface area contributed by atoms with Gasteiger partial charge in [0.25, 0.3) is 5.56 Å². The molecule has 168 valence electrons. The highest BCUT2D eigenvalue weighted by Crippen LogP contribution is 2.36. The summed E-state index contributed by atoms with van der Waals surface area (Å²) in [5, 5.41) is 10.4. The number of amides is 2. The molecule has 14 heteroatoms. The van der Waals surface area contributed by atoms with Crippen LogP contribution in [0.1, 0.15) is 12.8 Å². The number of hydrogen-bond donors (Lipinski definition) is 3. The molecular weight excluding hydrogens is 488 g/mol. The molecule has 3 aromatic rings. The van der Waals surface area contributed by atoms with E-state index in [9.17, 15) is 19.2 Å². The third-order valence-corrected chi connectivity index (χ3v) is 6.04. The van der Waals surface area contributed by atoms with Crippen LogP contribution in [-0.4, -0.2) is 72.1 Å². The van der Waals surface area contributed by atoms with Crippen LogP contribution >= 0.6 is 0 Å². The molecule has 2 amide bonds. The van der Waals surface area contributed by atoms with Crippen molar-refractivity contribution in [2.45, 2.75) is 18.9 Å². The predicted octanol–water partition coefficient (Wildman–Crippen LogP) is -2.97. The number of halogens is 1. The van der Waals surface area contributed by atoms with Crippen molar-refractivity contribution < 1.29 is 35.8 Å². The van der Waals surface area contributed by atoms with Crippen molar-refractivity contribution >= 4 is 29.1 Å². The number of aromatic amines is 2. The van der Waals surface area contributed by atoms with Crippen molar-refractivity contribution in [1.29, 1.82) is 0 Å². The lowest BCUT2D eigenvalue weighted by Crippen LogP contribution is -3.00. The largest absolute Gasteiger partial charge is 1.00 e. The van der Waals surface area contributed by atoms with E-state index in [1.54, 1.807) is 12.1 Å². The topological polar surface area (TPSA) is 165 Å². The minimum atomic E-state index is -0.769. The number of carbonyl (C=O) groups is 2. The highest BCUT2D eigenvalue weighted by atomic mass is 79.9.